The molecule has 0 radical (unpaired) electrons. The summed E-state index contributed by atoms with van der Waals surface area (Å²) >= 11 is 4.02. The second kappa shape index (κ2) is 13.7. The minimum atomic E-state index is -0.934. The Hall–Kier alpha value is -4.84. The van der Waals surface area contributed by atoms with Crippen LogP contribution in [0.5, 0.6) is 5.75 Å². The molecule has 1 N–H and O–H groups in total. The van der Waals surface area contributed by atoms with E-state index in [4.69, 9.17) is 4.74 Å². The van der Waals surface area contributed by atoms with Gasteiger partial charge in [0.25, 0.3) is 5.91 Å². The fourth-order valence-corrected chi connectivity index (χ4v) is 8.56. The average Bonchev–Trinajstić information content (AvgIpc) is 3.82. The van der Waals surface area contributed by atoms with Crippen LogP contribution < -0.4 is 9.64 Å². The fraction of sp³-hybridized carbons (Fsp3) is 0.162. The molecule has 8 nitrogen and oxygen atoms in total. The van der Waals surface area contributed by atoms with Crippen LogP contribution in [0.3, 0.4) is 0 Å². The van der Waals surface area contributed by atoms with Gasteiger partial charge in [0.05, 0.1) is 28.8 Å². The van der Waals surface area contributed by atoms with Gasteiger partial charge in [0.2, 0.25) is 10.9 Å². The van der Waals surface area contributed by atoms with Crippen molar-refractivity contribution < 1.29 is 19.4 Å². The van der Waals surface area contributed by atoms with Gasteiger partial charge in [-0.05, 0) is 47.4 Å². The Morgan fingerprint density at radius 1 is 0.938 bits per heavy atom. The highest BCUT2D eigenvalue weighted by Gasteiger charge is 2.46. The molecular weight excluding hydrogens is 661 g/mol. The van der Waals surface area contributed by atoms with E-state index in [1.54, 1.807) is 6.92 Å². The number of ketones is 1. The SMILES string of the molecule is CCCOc1ccc([C@@H]2C(C(=O)c3sc(-c4ccccc4)nc3C)=C(O)C(=O)N2c2nnc(SCc3cccc4ccccc34)s2)cc1. The molecular formula is C37H30N4O4S3. The number of carbonyl (C=O) groups excluding carboxylic acids is 2. The number of rotatable bonds is 11. The predicted molar refractivity (Wildman–Crippen MR) is 192 cm³/mol. The second-order valence-corrected chi connectivity index (χ2v) is 14.3. The first-order valence-electron chi connectivity index (χ1n) is 15.4. The summed E-state index contributed by atoms with van der Waals surface area (Å²) < 4.78 is 6.45. The molecule has 0 spiro atoms. The van der Waals surface area contributed by atoms with Crippen LogP contribution in [0.2, 0.25) is 0 Å². The van der Waals surface area contributed by atoms with Gasteiger partial charge in [-0.2, -0.15) is 0 Å². The lowest BCUT2D eigenvalue weighted by atomic mass is 9.95. The van der Waals surface area contributed by atoms with E-state index in [1.807, 2.05) is 79.7 Å². The standard InChI is InChI=1S/C37H30N4O4S3/c1-3-20-45-27-18-16-24(17-19-27)30-29(31(42)33-22(2)38-34(47-33)25-11-5-4-6-12-25)32(43)35(44)41(30)36-39-40-37(48-36)46-21-26-14-9-13-23-10-7-8-15-28(23)26/h4-19,30,43H,3,20-21H2,1-2H3/t30-/m1/s1. The molecule has 240 valence electrons. The van der Waals surface area contributed by atoms with Crippen molar-refractivity contribution in [3.05, 3.63) is 130 Å². The number of Topliss-reactive ketones (excluding diaryl/α,β-unsaturated/α-hetero) is 1. The number of fused-ring (bicyclic) bond motifs is 1. The van der Waals surface area contributed by atoms with Crippen LogP contribution in [-0.4, -0.2) is 38.6 Å². The van der Waals surface area contributed by atoms with Crippen LogP contribution in [0, 0.1) is 6.92 Å². The molecule has 1 atom stereocenters. The molecule has 0 fully saturated rings. The summed E-state index contributed by atoms with van der Waals surface area (Å²) in [6.07, 6.45) is 0.860. The Balaban J connectivity index is 1.22. The first-order valence-corrected chi connectivity index (χ1v) is 18.0. The number of thiazole rings is 1. The molecule has 1 aliphatic rings. The van der Waals surface area contributed by atoms with E-state index >= 15 is 0 Å². The number of hydrogen-bond acceptors (Lipinski definition) is 10. The predicted octanol–water partition coefficient (Wildman–Crippen LogP) is 8.99. The van der Waals surface area contributed by atoms with Crippen molar-refractivity contribution in [2.24, 2.45) is 0 Å². The summed E-state index contributed by atoms with van der Waals surface area (Å²) in [7, 11) is 0. The zero-order chi connectivity index (χ0) is 33.2. The van der Waals surface area contributed by atoms with Crippen molar-refractivity contribution in [2.75, 3.05) is 11.5 Å². The Bertz CT molecular complexity index is 2150. The summed E-state index contributed by atoms with van der Waals surface area (Å²) in [5.74, 6) is -0.431. The monoisotopic (exact) mass is 690 g/mol. The highest BCUT2D eigenvalue weighted by molar-refractivity contribution is 8.00. The number of benzene rings is 4. The van der Waals surface area contributed by atoms with Crippen LogP contribution >= 0.6 is 34.4 Å². The molecule has 2 aromatic heterocycles. The minimum Gasteiger partial charge on any atom is -0.503 e. The van der Waals surface area contributed by atoms with Crippen molar-refractivity contribution in [3.63, 3.8) is 0 Å². The lowest BCUT2D eigenvalue weighted by Gasteiger charge is -2.24. The number of aliphatic hydroxyl groups is 1. The molecule has 0 saturated carbocycles. The maximum absolute atomic E-state index is 14.3. The van der Waals surface area contributed by atoms with Crippen molar-refractivity contribution in [3.8, 4) is 16.3 Å². The quantitative estimate of drug-likeness (QED) is 0.0816. The molecule has 7 rings (SSSR count). The van der Waals surface area contributed by atoms with E-state index in [0.717, 1.165) is 22.9 Å². The number of aromatic nitrogens is 3. The normalized spacial score (nSPS) is 14.7. The summed E-state index contributed by atoms with van der Waals surface area (Å²) in [5.41, 5.74) is 3.19. The second-order valence-electron chi connectivity index (χ2n) is 11.2. The first kappa shape index (κ1) is 31.7. The van der Waals surface area contributed by atoms with Crippen LogP contribution in [0.4, 0.5) is 5.13 Å². The Kier molecular flexibility index (Phi) is 9.07. The number of aryl methyl sites for hydroxylation is 1. The van der Waals surface area contributed by atoms with Crippen molar-refractivity contribution in [1.82, 2.24) is 15.2 Å². The van der Waals surface area contributed by atoms with Crippen molar-refractivity contribution in [1.29, 1.82) is 0 Å². The number of nitrogens with zero attached hydrogens (tertiary/aromatic N) is 4. The third-order valence-electron chi connectivity index (χ3n) is 7.98. The number of anilines is 1. The fourth-order valence-electron chi connectivity index (χ4n) is 5.67. The minimum absolute atomic E-state index is 0.0197. The van der Waals surface area contributed by atoms with Crippen LogP contribution in [0.1, 0.15) is 45.9 Å². The molecule has 0 bridgehead atoms. The lowest BCUT2D eigenvalue weighted by molar-refractivity contribution is -0.117. The van der Waals surface area contributed by atoms with Gasteiger partial charge in [0.1, 0.15) is 10.8 Å². The zero-order valence-corrected chi connectivity index (χ0v) is 28.6. The molecule has 1 amide bonds. The molecule has 6 aromatic rings. The molecule has 11 heteroatoms. The lowest BCUT2D eigenvalue weighted by Crippen LogP contribution is -2.31. The third kappa shape index (κ3) is 6.12. The van der Waals surface area contributed by atoms with E-state index in [1.165, 1.54) is 44.7 Å². The van der Waals surface area contributed by atoms with Gasteiger partial charge in [0, 0.05) is 11.3 Å². The van der Waals surface area contributed by atoms with E-state index in [0.29, 0.717) is 43.6 Å². The largest absolute Gasteiger partial charge is 0.503 e. The third-order valence-corrected chi connectivity index (χ3v) is 11.3. The average molecular weight is 691 g/mol. The number of thioether (sulfide) groups is 1. The van der Waals surface area contributed by atoms with Crippen LogP contribution in [0.15, 0.2) is 113 Å². The number of ether oxygens (including phenoxy) is 1. The summed E-state index contributed by atoms with van der Waals surface area (Å²) in [4.78, 5) is 34.6. The van der Waals surface area contributed by atoms with Crippen molar-refractivity contribution in [2.45, 2.75) is 36.4 Å². The van der Waals surface area contributed by atoms with Gasteiger partial charge in [-0.1, -0.05) is 115 Å². The number of amides is 1. The number of hydrogen-bond donors (Lipinski definition) is 1. The van der Waals surface area contributed by atoms with Gasteiger partial charge in [-0.25, -0.2) is 4.98 Å². The van der Waals surface area contributed by atoms with E-state index in [-0.39, 0.29) is 10.7 Å². The molecule has 0 aliphatic carbocycles. The molecule has 3 heterocycles. The molecule has 0 saturated heterocycles. The molecule has 1 aliphatic heterocycles. The number of aliphatic hydroxyl groups excluding tert-OH is 1. The van der Waals surface area contributed by atoms with E-state index in [9.17, 15) is 14.7 Å². The van der Waals surface area contributed by atoms with Gasteiger partial charge in [-0.15, -0.1) is 21.5 Å². The Morgan fingerprint density at radius 2 is 1.69 bits per heavy atom. The van der Waals surface area contributed by atoms with Gasteiger partial charge < -0.3 is 9.84 Å². The van der Waals surface area contributed by atoms with E-state index < -0.39 is 23.5 Å². The highest BCUT2D eigenvalue weighted by atomic mass is 32.2. The topological polar surface area (TPSA) is 106 Å². The Morgan fingerprint density at radius 3 is 2.48 bits per heavy atom. The van der Waals surface area contributed by atoms with Crippen molar-refractivity contribution >= 4 is 62.0 Å². The molecule has 4 aromatic carbocycles. The van der Waals surface area contributed by atoms with Gasteiger partial charge in [-0.3, -0.25) is 14.5 Å². The smallest absolute Gasteiger partial charge is 0.296 e. The maximum Gasteiger partial charge on any atom is 0.296 e. The van der Waals surface area contributed by atoms with Crippen LogP contribution in [0.25, 0.3) is 21.3 Å². The van der Waals surface area contributed by atoms with E-state index in [2.05, 4.69) is 39.4 Å². The summed E-state index contributed by atoms with van der Waals surface area (Å²) in [6, 6.07) is 30.4. The first-order chi connectivity index (χ1) is 23.4. The summed E-state index contributed by atoms with van der Waals surface area (Å²) in [6.45, 7) is 4.36. The Labute approximate surface area is 289 Å². The highest BCUT2D eigenvalue weighted by Crippen LogP contribution is 2.45. The van der Waals surface area contributed by atoms with Gasteiger partial charge >= 0.3 is 0 Å². The molecule has 0 unspecified atom stereocenters. The maximum atomic E-state index is 14.3. The number of carbonyl (C=O) groups is 2. The molecule has 48 heavy (non-hydrogen) atoms. The summed E-state index contributed by atoms with van der Waals surface area (Å²) in [5, 5.41) is 23.5. The zero-order valence-electron chi connectivity index (χ0n) is 26.1. The van der Waals surface area contributed by atoms with Gasteiger partial charge in [0.15, 0.2) is 10.1 Å². The van der Waals surface area contributed by atoms with Crippen LogP contribution in [-0.2, 0) is 10.5 Å².